The van der Waals surface area contributed by atoms with Gasteiger partial charge in [0, 0.05) is 44.8 Å². The van der Waals surface area contributed by atoms with Crippen molar-refractivity contribution in [2.45, 2.75) is 19.6 Å². The lowest BCUT2D eigenvalue weighted by Crippen LogP contribution is -2.45. The van der Waals surface area contributed by atoms with Crippen molar-refractivity contribution in [3.05, 3.63) is 42.1 Å². The van der Waals surface area contributed by atoms with Gasteiger partial charge < -0.3 is 10.1 Å². The van der Waals surface area contributed by atoms with Crippen LogP contribution in [0.2, 0.25) is 0 Å². The summed E-state index contributed by atoms with van der Waals surface area (Å²) < 4.78 is 5.80. The van der Waals surface area contributed by atoms with Crippen molar-refractivity contribution in [3.63, 3.8) is 0 Å². The fraction of sp³-hybridized carbons (Fsp3) is 0.467. The first kappa shape index (κ1) is 14.8. The Bertz CT molecular complexity index is 576. The lowest BCUT2D eigenvalue weighted by molar-refractivity contribution is -0.0244. The van der Waals surface area contributed by atoms with Crippen molar-refractivity contribution in [2.75, 3.05) is 31.6 Å². The van der Waals surface area contributed by atoms with Gasteiger partial charge in [-0.1, -0.05) is 0 Å². The lowest BCUT2D eigenvalue weighted by Gasteiger charge is -2.32. The molecule has 0 bridgehead atoms. The van der Waals surface area contributed by atoms with Crippen LogP contribution in [0.1, 0.15) is 11.4 Å². The molecule has 0 amide bonds. The highest BCUT2D eigenvalue weighted by Gasteiger charge is 2.20. The number of anilines is 1. The van der Waals surface area contributed by atoms with E-state index >= 15 is 0 Å². The smallest absolute Gasteiger partial charge is 0.148 e. The Balaban J connectivity index is 1.49. The zero-order valence-corrected chi connectivity index (χ0v) is 12.6. The molecule has 22 heavy (non-hydrogen) atoms. The zero-order chi connectivity index (χ0) is 15.2. The van der Waals surface area contributed by atoms with Crippen LogP contribution < -0.4 is 5.32 Å². The van der Waals surface area contributed by atoms with Gasteiger partial charge in [0.15, 0.2) is 0 Å². The maximum absolute atomic E-state index is 5.80. The maximum atomic E-state index is 5.80. The molecule has 1 fully saturated rings. The lowest BCUT2D eigenvalue weighted by atomic mass is 10.2. The second kappa shape index (κ2) is 7.24. The topological polar surface area (TPSA) is 76.1 Å². The Kier molecular flexibility index (Phi) is 4.87. The van der Waals surface area contributed by atoms with Crippen LogP contribution in [0.15, 0.2) is 30.7 Å². The summed E-state index contributed by atoms with van der Waals surface area (Å²) in [7, 11) is 0. The minimum atomic E-state index is 0.133. The molecule has 1 aliphatic heterocycles. The summed E-state index contributed by atoms with van der Waals surface area (Å²) in [5.74, 6) is 0.771. The Labute approximate surface area is 129 Å². The van der Waals surface area contributed by atoms with E-state index < -0.39 is 0 Å². The summed E-state index contributed by atoms with van der Waals surface area (Å²) in [6.45, 7) is 5.97. The first-order chi connectivity index (χ1) is 10.8. The molecule has 2 aromatic heterocycles. The molecule has 0 radical (unpaired) electrons. The SMILES string of the molecule is Cc1cnc(CN2CCO[C@@H](CNc3cccnn3)C2)cn1. The number of nitrogens with zero attached hydrogens (tertiary/aromatic N) is 5. The summed E-state index contributed by atoms with van der Waals surface area (Å²) in [6, 6.07) is 3.76. The summed E-state index contributed by atoms with van der Waals surface area (Å²) in [6.07, 6.45) is 5.45. The number of aromatic nitrogens is 4. The Hall–Kier alpha value is -2.12. The Morgan fingerprint density at radius 1 is 1.36 bits per heavy atom. The molecule has 0 saturated carbocycles. The van der Waals surface area contributed by atoms with E-state index in [1.165, 1.54) is 0 Å². The van der Waals surface area contributed by atoms with Crippen LogP contribution in [-0.4, -0.2) is 57.4 Å². The van der Waals surface area contributed by atoms with E-state index in [0.717, 1.165) is 50.0 Å². The molecular weight excluding hydrogens is 280 g/mol. The first-order valence-corrected chi connectivity index (χ1v) is 7.42. The molecule has 0 spiro atoms. The molecule has 1 atom stereocenters. The molecule has 0 unspecified atom stereocenters. The summed E-state index contributed by atoms with van der Waals surface area (Å²) in [5.41, 5.74) is 1.94. The molecule has 1 saturated heterocycles. The van der Waals surface area contributed by atoms with Crippen LogP contribution in [-0.2, 0) is 11.3 Å². The van der Waals surface area contributed by atoms with E-state index in [2.05, 4.69) is 30.4 Å². The molecule has 3 rings (SSSR count). The van der Waals surface area contributed by atoms with Crippen LogP contribution in [0.25, 0.3) is 0 Å². The molecule has 3 heterocycles. The van der Waals surface area contributed by atoms with E-state index in [1.807, 2.05) is 31.5 Å². The highest BCUT2D eigenvalue weighted by atomic mass is 16.5. The largest absolute Gasteiger partial charge is 0.374 e. The predicted octanol–water partition coefficient (Wildman–Crippen LogP) is 0.888. The van der Waals surface area contributed by atoms with Gasteiger partial charge in [-0.3, -0.25) is 14.9 Å². The number of hydrogen-bond donors (Lipinski definition) is 1. The third-order valence-electron chi connectivity index (χ3n) is 3.53. The number of rotatable bonds is 5. The van der Waals surface area contributed by atoms with Crippen molar-refractivity contribution in [1.29, 1.82) is 0 Å². The molecule has 1 aliphatic rings. The number of morpholine rings is 1. The van der Waals surface area contributed by atoms with Crippen molar-refractivity contribution >= 4 is 5.82 Å². The normalized spacial score (nSPS) is 19.0. The quantitative estimate of drug-likeness (QED) is 0.878. The van der Waals surface area contributed by atoms with Crippen LogP contribution in [0.3, 0.4) is 0 Å². The van der Waals surface area contributed by atoms with Crippen molar-refractivity contribution in [1.82, 2.24) is 25.1 Å². The number of hydrogen-bond acceptors (Lipinski definition) is 7. The Morgan fingerprint density at radius 3 is 3.09 bits per heavy atom. The monoisotopic (exact) mass is 300 g/mol. The van der Waals surface area contributed by atoms with Gasteiger partial charge in [0.25, 0.3) is 0 Å². The molecule has 0 aromatic carbocycles. The van der Waals surface area contributed by atoms with E-state index in [0.29, 0.717) is 0 Å². The summed E-state index contributed by atoms with van der Waals surface area (Å²) in [4.78, 5) is 11.0. The van der Waals surface area contributed by atoms with E-state index in [9.17, 15) is 0 Å². The average Bonchev–Trinajstić information content (AvgIpc) is 2.57. The minimum absolute atomic E-state index is 0.133. The van der Waals surface area contributed by atoms with Gasteiger partial charge in [-0.15, -0.1) is 5.10 Å². The standard InChI is InChI=1S/C15H20N6O/c1-12-7-17-13(8-16-12)10-21-5-6-22-14(11-21)9-18-15-3-2-4-19-20-15/h2-4,7-8,14H,5-6,9-11H2,1H3,(H,18,20)/t14-/m0/s1. The van der Waals surface area contributed by atoms with Gasteiger partial charge in [-0.2, -0.15) is 5.10 Å². The minimum Gasteiger partial charge on any atom is -0.374 e. The predicted molar refractivity (Wildman–Crippen MR) is 82.3 cm³/mol. The van der Waals surface area contributed by atoms with Gasteiger partial charge >= 0.3 is 0 Å². The third kappa shape index (κ3) is 4.19. The van der Waals surface area contributed by atoms with E-state index in [4.69, 9.17) is 4.74 Å². The molecule has 7 nitrogen and oxygen atoms in total. The first-order valence-electron chi connectivity index (χ1n) is 7.42. The van der Waals surface area contributed by atoms with Crippen LogP contribution in [0.4, 0.5) is 5.82 Å². The highest BCUT2D eigenvalue weighted by molar-refractivity contribution is 5.31. The number of nitrogens with one attached hydrogen (secondary N) is 1. The zero-order valence-electron chi connectivity index (χ0n) is 12.6. The van der Waals surface area contributed by atoms with Crippen LogP contribution >= 0.6 is 0 Å². The van der Waals surface area contributed by atoms with Gasteiger partial charge in [-0.25, -0.2) is 0 Å². The third-order valence-corrected chi connectivity index (χ3v) is 3.53. The van der Waals surface area contributed by atoms with Gasteiger partial charge in [-0.05, 0) is 19.1 Å². The van der Waals surface area contributed by atoms with E-state index in [-0.39, 0.29) is 6.10 Å². The molecule has 0 aliphatic carbocycles. The number of aryl methyl sites for hydroxylation is 1. The fourth-order valence-corrected chi connectivity index (χ4v) is 2.39. The average molecular weight is 300 g/mol. The molecule has 2 aromatic rings. The number of ether oxygens (including phenoxy) is 1. The highest BCUT2D eigenvalue weighted by Crippen LogP contribution is 2.10. The molecule has 7 heteroatoms. The molecule has 116 valence electrons. The van der Waals surface area contributed by atoms with Crippen LogP contribution in [0, 0.1) is 6.92 Å². The van der Waals surface area contributed by atoms with Crippen molar-refractivity contribution < 1.29 is 4.74 Å². The van der Waals surface area contributed by atoms with Crippen LogP contribution in [0.5, 0.6) is 0 Å². The fourth-order valence-electron chi connectivity index (χ4n) is 2.39. The van der Waals surface area contributed by atoms with Crippen molar-refractivity contribution in [2.24, 2.45) is 0 Å². The molecular formula is C15H20N6O. The van der Waals surface area contributed by atoms with Gasteiger partial charge in [0.1, 0.15) is 5.82 Å². The van der Waals surface area contributed by atoms with Gasteiger partial charge in [0.05, 0.1) is 24.1 Å². The van der Waals surface area contributed by atoms with E-state index in [1.54, 1.807) is 6.20 Å². The van der Waals surface area contributed by atoms with Crippen molar-refractivity contribution in [3.8, 4) is 0 Å². The van der Waals surface area contributed by atoms with Gasteiger partial charge in [0.2, 0.25) is 0 Å². The second-order valence-electron chi connectivity index (χ2n) is 5.37. The molecule has 1 N–H and O–H groups in total. The Morgan fingerprint density at radius 2 is 2.32 bits per heavy atom. The second-order valence-corrected chi connectivity index (χ2v) is 5.37. The summed E-state index contributed by atoms with van der Waals surface area (Å²) in [5, 5.41) is 11.1. The summed E-state index contributed by atoms with van der Waals surface area (Å²) >= 11 is 0. The maximum Gasteiger partial charge on any atom is 0.148 e.